The number of imide groups is 1. The lowest BCUT2D eigenvalue weighted by atomic mass is 10.1. The van der Waals surface area contributed by atoms with E-state index in [0.717, 1.165) is 7.11 Å². The van der Waals surface area contributed by atoms with Gasteiger partial charge in [-0.25, -0.2) is 18.8 Å². The Bertz CT molecular complexity index is 740. The smallest absolute Gasteiger partial charge is 0.420 e. The number of halogens is 1. The Morgan fingerprint density at radius 2 is 1.43 bits per heavy atom. The van der Waals surface area contributed by atoms with Crippen LogP contribution in [-0.2, 0) is 29.1 Å². The van der Waals surface area contributed by atoms with Gasteiger partial charge in [0, 0.05) is 6.42 Å². The number of hydrogen-bond donors (Lipinski definition) is 1. The van der Waals surface area contributed by atoms with Crippen LogP contribution in [0.1, 0.15) is 48.0 Å². The molecule has 2 amide bonds. The van der Waals surface area contributed by atoms with Crippen LogP contribution in [-0.4, -0.2) is 71.3 Å². The van der Waals surface area contributed by atoms with Crippen LogP contribution in [0, 0.1) is 0 Å². The summed E-state index contributed by atoms with van der Waals surface area (Å²) < 4.78 is 61.4. The number of carbonyl (C=O) groups excluding carboxylic acids is 3. The second kappa shape index (κ2) is 7.14. The van der Waals surface area contributed by atoms with Crippen LogP contribution in [0.4, 0.5) is 14.0 Å². The molecule has 10 nitrogen and oxygen atoms in total. The Balaban J connectivity index is 3.52. The number of ether oxygens (including phenoxy) is 3. The molecule has 0 radical (unpaired) electrons. The third kappa shape index (κ3) is 5.31. The summed E-state index contributed by atoms with van der Waals surface area (Å²) in [5.41, 5.74) is -7.92. The summed E-state index contributed by atoms with van der Waals surface area (Å²) in [6.45, 7) is 8.81. The normalized spacial score (nSPS) is 24.9. The summed E-state index contributed by atoms with van der Waals surface area (Å²) in [6.07, 6.45) is -3.77. The Morgan fingerprint density at radius 3 is 1.71 bits per heavy atom. The van der Waals surface area contributed by atoms with Gasteiger partial charge >= 0.3 is 18.2 Å². The molecule has 1 rings (SSSR count). The van der Waals surface area contributed by atoms with Crippen molar-refractivity contribution in [2.75, 3.05) is 12.9 Å². The molecule has 0 heterocycles. The average molecular weight is 427 g/mol. The van der Waals surface area contributed by atoms with E-state index in [9.17, 15) is 22.8 Å². The molecule has 0 aromatic carbocycles. The monoisotopic (exact) mass is 427 g/mol. The molecule has 1 saturated carbocycles. The molecule has 1 aliphatic carbocycles. The van der Waals surface area contributed by atoms with Gasteiger partial charge in [0.25, 0.3) is 10.1 Å². The van der Waals surface area contributed by atoms with E-state index in [-0.39, 0.29) is 4.90 Å². The summed E-state index contributed by atoms with van der Waals surface area (Å²) >= 11 is 0. The molecule has 0 bridgehead atoms. The largest absolute Gasteiger partial charge is 0.467 e. The molecule has 0 aromatic rings. The molecule has 0 aliphatic heterocycles. The van der Waals surface area contributed by atoms with Gasteiger partial charge in [-0.15, -0.1) is 0 Å². The van der Waals surface area contributed by atoms with Crippen LogP contribution in [0.15, 0.2) is 0 Å². The van der Waals surface area contributed by atoms with Gasteiger partial charge in [-0.3, -0.25) is 4.55 Å². The number of esters is 1. The Labute approximate surface area is 163 Å². The molecule has 2 atom stereocenters. The number of alkyl halides is 1. The standard InChI is InChI=1S/C16H26FNO9S/c1-13(2,3)26-11(20)18(12(21)27-14(4,5)6)16(10(19)25-7)8-15(16,17)9-28(22,23)24/h8-9H2,1-7H3,(H,22,23,24)/t15-,16-/m1/s1. The third-order valence-corrected chi connectivity index (χ3v) is 4.44. The minimum atomic E-state index is -4.90. The molecular formula is C16H26FNO9S. The van der Waals surface area contributed by atoms with Crippen LogP contribution in [0.25, 0.3) is 0 Å². The van der Waals surface area contributed by atoms with Crippen molar-refractivity contribution in [1.29, 1.82) is 0 Å². The van der Waals surface area contributed by atoms with Gasteiger partial charge in [0.1, 0.15) is 17.0 Å². The van der Waals surface area contributed by atoms with Gasteiger partial charge in [0.2, 0.25) is 0 Å². The molecule has 162 valence electrons. The van der Waals surface area contributed by atoms with Crippen LogP contribution < -0.4 is 0 Å². The third-order valence-electron chi connectivity index (χ3n) is 3.62. The molecule has 28 heavy (non-hydrogen) atoms. The van der Waals surface area contributed by atoms with Crippen LogP contribution in [0.3, 0.4) is 0 Å². The van der Waals surface area contributed by atoms with E-state index in [1.165, 1.54) is 41.5 Å². The van der Waals surface area contributed by atoms with Crippen molar-refractivity contribution in [3.63, 3.8) is 0 Å². The molecular weight excluding hydrogens is 401 g/mol. The van der Waals surface area contributed by atoms with E-state index in [2.05, 4.69) is 4.74 Å². The summed E-state index contributed by atoms with van der Waals surface area (Å²) in [6, 6.07) is 0. The second-order valence-corrected chi connectivity index (χ2v) is 9.97. The van der Waals surface area contributed by atoms with E-state index in [4.69, 9.17) is 14.0 Å². The van der Waals surface area contributed by atoms with Crippen LogP contribution in [0.2, 0.25) is 0 Å². The highest BCUT2D eigenvalue weighted by Crippen LogP contribution is 2.57. The number of methoxy groups -OCH3 is 1. The van der Waals surface area contributed by atoms with E-state index in [0.29, 0.717) is 0 Å². The Kier molecular flexibility index (Phi) is 6.14. The summed E-state index contributed by atoms with van der Waals surface area (Å²) in [5.74, 6) is -2.92. The zero-order valence-corrected chi connectivity index (χ0v) is 17.7. The minimum Gasteiger partial charge on any atom is -0.467 e. The van der Waals surface area contributed by atoms with Crippen molar-refractivity contribution >= 4 is 28.3 Å². The van der Waals surface area contributed by atoms with Crippen molar-refractivity contribution in [2.24, 2.45) is 0 Å². The molecule has 0 aromatic heterocycles. The fourth-order valence-corrected chi connectivity index (χ4v) is 3.54. The molecule has 12 heteroatoms. The highest BCUT2D eigenvalue weighted by molar-refractivity contribution is 7.85. The molecule has 0 saturated heterocycles. The fraction of sp³-hybridized carbons (Fsp3) is 0.812. The maximum absolute atomic E-state index is 15.3. The first kappa shape index (κ1) is 24.1. The average Bonchev–Trinajstić information content (AvgIpc) is 2.96. The SMILES string of the molecule is COC(=O)[C@]1(N(C(=O)OC(C)(C)C)C(=O)OC(C)(C)C)C[C@@]1(F)CS(=O)(=O)O. The van der Waals surface area contributed by atoms with E-state index < -0.39 is 62.9 Å². The lowest BCUT2D eigenvalue weighted by Crippen LogP contribution is -2.58. The Morgan fingerprint density at radius 1 is 1.04 bits per heavy atom. The van der Waals surface area contributed by atoms with Gasteiger partial charge in [-0.1, -0.05) is 0 Å². The quantitative estimate of drug-likeness (QED) is 0.406. The van der Waals surface area contributed by atoms with Crippen LogP contribution >= 0.6 is 0 Å². The number of carbonyl (C=O) groups is 3. The summed E-state index contributed by atoms with van der Waals surface area (Å²) in [4.78, 5) is 37.8. The second-order valence-electron chi connectivity index (χ2n) is 8.52. The van der Waals surface area contributed by atoms with Gasteiger partial charge in [0.05, 0.1) is 7.11 Å². The number of nitrogens with zero attached hydrogens (tertiary/aromatic N) is 1. The molecule has 0 unspecified atom stereocenters. The Hall–Kier alpha value is -1.95. The predicted molar refractivity (Wildman–Crippen MR) is 93.9 cm³/mol. The number of hydrogen-bond acceptors (Lipinski definition) is 8. The molecule has 1 fully saturated rings. The van der Waals surface area contributed by atoms with E-state index in [1.807, 2.05) is 0 Å². The van der Waals surface area contributed by atoms with E-state index >= 15 is 4.39 Å². The van der Waals surface area contributed by atoms with Crippen LogP contribution in [0.5, 0.6) is 0 Å². The predicted octanol–water partition coefficient (Wildman–Crippen LogP) is 2.07. The number of amides is 2. The van der Waals surface area contributed by atoms with Gasteiger partial charge in [0.15, 0.2) is 11.2 Å². The van der Waals surface area contributed by atoms with Gasteiger partial charge < -0.3 is 14.2 Å². The highest BCUT2D eigenvalue weighted by atomic mass is 32.2. The maximum atomic E-state index is 15.3. The molecule has 1 N–H and O–H groups in total. The van der Waals surface area contributed by atoms with Crippen molar-refractivity contribution in [1.82, 2.24) is 4.90 Å². The first-order valence-electron chi connectivity index (χ1n) is 8.27. The fourth-order valence-electron chi connectivity index (χ4n) is 2.62. The molecule has 1 aliphatic rings. The summed E-state index contributed by atoms with van der Waals surface area (Å²) in [5, 5.41) is 0. The van der Waals surface area contributed by atoms with Crippen molar-refractivity contribution in [3.05, 3.63) is 0 Å². The first-order valence-corrected chi connectivity index (χ1v) is 9.88. The maximum Gasteiger partial charge on any atom is 0.420 e. The topological polar surface area (TPSA) is 137 Å². The van der Waals surface area contributed by atoms with E-state index in [1.54, 1.807) is 0 Å². The zero-order chi connectivity index (χ0) is 22.3. The van der Waals surface area contributed by atoms with Crippen molar-refractivity contribution in [3.8, 4) is 0 Å². The van der Waals surface area contributed by atoms with Gasteiger partial charge in [-0.05, 0) is 41.5 Å². The van der Waals surface area contributed by atoms with Crippen molar-refractivity contribution < 1.29 is 46.0 Å². The van der Waals surface area contributed by atoms with Crippen molar-refractivity contribution in [2.45, 2.75) is 70.4 Å². The minimum absolute atomic E-state index is 0.0838. The summed E-state index contributed by atoms with van der Waals surface area (Å²) in [7, 11) is -4.03. The first-order chi connectivity index (χ1) is 12.3. The lowest BCUT2D eigenvalue weighted by molar-refractivity contribution is -0.150. The number of rotatable bonds is 4. The zero-order valence-electron chi connectivity index (χ0n) is 16.9. The van der Waals surface area contributed by atoms with Gasteiger partial charge in [-0.2, -0.15) is 13.3 Å². The highest BCUT2D eigenvalue weighted by Gasteiger charge is 2.82. The lowest BCUT2D eigenvalue weighted by Gasteiger charge is -2.33. The molecule has 0 spiro atoms.